The number of hydrogen-bond donors (Lipinski definition) is 2. The molecule has 0 saturated carbocycles. The maximum Gasteiger partial charge on any atom is 0.407 e. The summed E-state index contributed by atoms with van der Waals surface area (Å²) in [7, 11) is 0. The fraction of sp³-hybridized carbons (Fsp3) is 0.467. The molecule has 0 radical (unpaired) electrons. The van der Waals surface area contributed by atoms with Crippen molar-refractivity contribution in [1.82, 2.24) is 14.7 Å². The number of nitrogens with two attached hydrogens (primary N) is 1. The molecule has 120 valence electrons. The Hall–Kier alpha value is -1.79. The minimum atomic E-state index is -0.519. The van der Waals surface area contributed by atoms with Crippen LogP contribution in [0.1, 0.15) is 26.5 Å². The summed E-state index contributed by atoms with van der Waals surface area (Å²) in [5, 5.41) is 3.31. The highest BCUT2D eigenvalue weighted by Gasteiger charge is 2.17. The van der Waals surface area contributed by atoms with Gasteiger partial charge in [-0.3, -0.25) is 0 Å². The molecule has 3 N–H and O–H groups in total. The Morgan fingerprint density at radius 1 is 1.45 bits per heavy atom. The van der Waals surface area contributed by atoms with Gasteiger partial charge in [-0.05, 0) is 32.9 Å². The molecule has 2 aromatic heterocycles. The molecule has 2 rings (SSSR count). The predicted molar refractivity (Wildman–Crippen MR) is 86.1 cm³/mol. The smallest absolute Gasteiger partial charge is 0.407 e. The first-order chi connectivity index (χ1) is 10.2. The van der Waals surface area contributed by atoms with Crippen LogP contribution >= 0.6 is 11.6 Å². The standard InChI is InChI=1S/C15H21ClN4O2/c1-15(2,3)22-14(21)18-7-11(17)6-12-9-20-8-10(16)4-5-13(20)19-12/h4-5,8-9,11H,6-7,17H2,1-3H3,(H,18,21). The van der Waals surface area contributed by atoms with Crippen LogP contribution in [0.15, 0.2) is 24.5 Å². The Bertz CT molecular complexity index is 663. The molecule has 22 heavy (non-hydrogen) atoms. The van der Waals surface area contributed by atoms with Crippen LogP contribution in [0.4, 0.5) is 4.79 Å². The lowest BCUT2D eigenvalue weighted by molar-refractivity contribution is 0.0524. The van der Waals surface area contributed by atoms with Crippen molar-refractivity contribution < 1.29 is 9.53 Å². The van der Waals surface area contributed by atoms with E-state index in [0.29, 0.717) is 18.0 Å². The number of imidazole rings is 1. The molecule has 0 aliphatic carbocycles. The molecule has 0 aromatic carbocycles. The molecule has 0 bridgehead atoms. The van der Waals surface area contributed by atoms with E-state index in [1.54, 1.807) is 12.3 Å². The Kier molecular flexibility index (Phi) is 4.93. The summed E-state index contributed by atoms with van der Waals surface area (Å²) in [6, 6.07) is 3.39. The van der Waals surface area contributed by atoms with E-state index in [-0.39, 0.29) is 6.04 Å². The van der Waals surface area contributed by atoms with Gasteiger partial charge < -0.3 is 20.2 Å². The Morgan fingerprint density at radius 3 is 2.86 bits per heavy atom. The maximum absolute atomic E-state index is 11.6. The molecule has 1 atom stereocenters. The van der Waals surface area contributed by atoms with E-state index in [9.17, 15) is 4.79 Å². The second kappa shape index (κ2) is 6.54. The van der Waals surface area contributed by atoms with Crippen LogP contribution in [0.5, 0.6) is 0 Å². The number of amides is 1. The van der Waals surface area contributed by atoms with Gasteiger partial charge in [0.05, 0.1) is 10.7 Å². The lowest BCUT2D eigenvalue weighted by Crippen LogP contribution is -2.41. The second-order valence-electron chi connectivity index (χ2n) is 6.19. The fourth-order valence-corrected chi connectivity index (χ4v) is 2.15. The molecule has 6 nitrogen and oxygen atoms in total. The predicted octanol–water partition coefficient (Wildman–Crippen LogP) is 2.38. The van der Waals surface area contributed by atoms with Crippen molar-refractivity contribution in [2.24, 2.45) is 5.73 Å². The molecule has 7 heteroatoms. The lowest BCUT2D eigenvalue weighted by Gasteiger charge is -2.20. The first-order valence-electron chi connectivity index (χ1n) is 7.08. The highest BCUT2D eigenvalue weighted by Crippen LogP contribution is 2.12. The molecular weight excluding hydrogens is 304 g/mol. The van der Waals surface area contributed by atoms with E-state index in [2.05, 4.69) is 10.3 Å². The lowest BCUT2D eigenvalue weighted by atomic mass is 10.2. The number of ether oxygens (including phenoxy) is 1. The van der Waals surface area contributed by atoms with E-state index in [1.165, 1.54) is 0 Å². The summed E-state index contributed by atoms with van der Waals surface area (Å²) < 4.78 is 7.01. The molecule has 0 aliphatic heterocycles. The Labute approximate surface area is 134 Å². The van der Waals surface area contributed by atoms with E-state index >= 15 is 0 Å². The zero-order valence-corrected chi connectivity index (χ0v) is 13.7. The summed E-state index contributed by atoms with van der Waals surface area (Å²) >= 11 is 5.94. The largest absolute Gasteiger partial charge is 0.444 e. The van der Waals surface area contributed by atoms with Crippen LogP contribution in [0.25, 0.3) is 5.65 Å². The van der Waals surface area contributed by atoms with Crippen molar-refractivity contribution in [3.8, 4) is 0 Å². The number of aromatic nitrogens is 2. The highest BCUT2D eigenvalue weighted by molar-refractivity contribution is 6.30. The number of pyridine rings is 1. The minimum absolute atomic E-state index is 0.243. The normalized spacial score (nSPS) is 13.1. The van der Waals surface area contributed by atoms with Crippen molar-refractivity contribution in [2.45, 2.75) is 38.8 Å². The number of nitrogens with zero attached hydrogens (tertiary/aromatic N) is 2. The van der Waals surface area contributed by atoms with E-state index < -0.39 is 11.7 Å². The number of carbonyl (C=O) groups is 1. The van der Waals surface area contributed by atoms with Crippen LogP contribution in [-0.4, -0.2) is 33.7 Å². The van der Waals surface area contributed by atoms with Crippen molar-refractivity contribution in [3.63, 3.8) is 0 Å². The van der Waals surface area contributed by atoms with Crippen molar-refractivity contribution in [2.75, 3.05) is 6.54 Å². The average Bonchev–Trinajstić information content (AvgIpc) is 2.75. The molecule has 0 saturated heterocycles. The third kappa shape index (κ3) is 4.89. The summed E-state index contributed by atoms with van der Waals surface area (Å²) in [6.07, 6.45) is 3.76. The zero-order valence-electron chi connectivity index (χ0n) is 13.0. The number of fused-ring (bicyclic) bond motifs is 1. The highest BCUT2D eigenvalue weighted by atomic mass is 35.5. The van der Waals surface area contributed by atoms with Gasteiger partial charge in [-0.2, -0.15) is 0 Å². The van der Waals surface area contributed by atoms with Gasteiger partial charge in [0, 0.05) is 31.4 Å². The molecule has 0 fully saturated rings. The molecule has 0 aliphatic rings. The maximum atomic E-state index is 11.6. The van der Waals surface area contributed by atoms with Gasteiger partial charge >= 0.3 is 6.09 Å². The van der Waals surface area contributed by atoms with Gasteiger partial charge in [-0.15, -0.1) is 0 Å². The van der Waals surface area contributed by atoms with Gasteiger partial charge in [0.1, 0.15) is 11.2 Å². The van der Waals surface area contributed by atoms with Gasteiger partial charge in [-0.1, -0.05) is 11.6 Å². The van der Waals surface area contributed by atoms with Crippen LogP contribution in [0, 0.1) is 0 Å². The minimum Gasteiger partial charge on any atom is -0.444 e. The van der Waals surface area contributed by atoms with Crippen LogP contribution in [0.2, 0.25) is 5.02 Å². The molecule has 1 unspecified atom stereocenters. The van der Waals surface area contributed by atoms with Crippen molar-refractivity contribution in [1.29, 1.82) is 0 Å². The second-order valence-corrected chi connectivity index (χ2v) is 6.63. The molecule has 2 aromatic rings. The van der Waals surface area contributed by atoms with Crippen LogP contribution in [0.3, 0.4) is 0 Å². The molecule has 1 amide bonds. The molecule has 2 heterocycles. The number of halogens is 1. The summed E-state index contributed by atoms with van der Waals surface area (Å²) in [6.45, 7) is 5.76. The van der Waals surface area contributed by atoms with Crippen LogP contribution < -0.4 is 11.1 Å². The number of rotatable bonds is 4. The Morgan fingerprint density at radius 2 is 2.18 bits per heavy atom. The third-order valence-corrected chi connectivity index (χ3v) is 3.07. The van der Waals surface area contributed by atoms with E-state index in [1.807, 2.05) is 37.4 Å². The SMILES string of the molecule is CC(C)(C)OC(=O)NCC(N)Cc1cn2cc(Cl)ccc2n1. The van der Waals surface area contributed by atoms with Gasteiger partial charge in [0.2, 0.25) is 0 Å². The number of alkyl carbamates (subject to hydrolysis) is 1. The Balaban J connectivity index is 1.88. The average molecular weight is 325 g/mol. The first-order valence-corrected chi connectivity index (χ1v) is 7.46. The van der Waals surface area contributed by atoms with Crippen molar-refractivity contribution in [3.05, 3.63) is 35.2 Å². The van der Waals surface area contributed by atoms with Crippen LogP contribution in [-0.2, 0) is 11.2 Å². The fourth-order valence-electron chi connectivity index (χ4n) is 1.98. The van der Waals surface area contributed by atoms with Gasteiger partial charge in [-0.25, -0.2) is 9.78 Å². The quantitative estimate of drug-likeness (QED) is 0.904. The molecule has 0 spiro atoms. The summed E-state index contributed by atoms with van der Waals surface area (Å²) in [5.74, 6) is 0. The first kappa shape index (κ1) is 16.6. The van der Waals surface area contributed by atoms with E-state index in [4.69, 9.17) is 22.1 Å². The summed E-state index contributed by atoms with van der Waals surface area (Å²) in [5.41, 5.74) is 7.16. The van der Waals surface area contributed by atoms with Crippen molar-refractivity contribution >= 4 is 23.3 Å². The topological polar surface area (TPSA) is 81.6 Å². The molecular formula is C15H21ClN4O2. The number of hydrogen-bond acceptors (Lipinski definition) is 4. The monoisotopic (exact) mass is 324 g/mol. The number of carbonyl (C=O) groups excluding carboxylic acids is 1. The third-order valence-electron chi connectivity index (χ3n) is 2.84. The van der Waals surface area contributed by atoms with Gasteiger partial charge in [0.25, 0.3) is 0 Å². The van der Waals surface area contributed by atoms with Gasteiger partial charge in [0.15, 0.2) is 0 Å². The summed E-state index contributed by atoms with van der Waals surface area (Å²) in [4.78, 5) is 16.0. The van der Waals surface area contributed by atoms with E-state index in [0.717, 1.165) is 11.3 Å². The zero-order chi connectivity index (χ0) is 16.3. The number of nitrogens with one attached hydrogen (secondary N) is 1.